The summed E-state index contributed by atoms with van der Waals surface area (Å²) in [5.41, 5.74) is 3.36. The van der Waals surface area contributed by atoms with Crippen LogP contribution in [0.1, 0.15) is 64.5 Å². The molecule has 6 aromatic carbocycles. The molecule has 0 unspecified atom stereocenters. The number of anilines is 1. The second-order valence-electron chi connectivity index (χ2n) is 16.9. The number of hydrogen-bond donors (Lipinski definition) is 3. The zero-order valence-corrected chi connectivity index (χ0v) is 36.4. The van der Waals surface area contributed by atoms with Crippen molar-refractivity contribution in [3.8, 4) is 17.6 Å². The number of cyclic esters (lactones) is 1. The zero-order valence-electron chi connectivity index (χ0n) is 36.4. The van der Waals surface area contributed by atoms with Crippen LogP contribution < -0.4 is 15.5 Å². The summed E-state index contributed by atoms with van der Waals surface area (Å²) in [6.45, 7) is 5.87. The average Bonchev–Trinajstić information content (AvgIpc) is 4.00. The van der Waals surface area contributed by atoms with Gasteiger partial charge in [0.1, 0.15) is 35.4 Å². The molecule has 3 aliphatic rings. The number of aromatic hydroxyl groups is 1. The predicted octanol–water partition coefficient (Wildman–Crippen LogP) is 7.63. The maximum absolute atomic E-state index is 16.4. The van der Waals surface area contributed by atoms with Gasteiger partial charge in [0, 0.05) is 12.1 Å². The first kappa shape index (κ1) is 42.6. The van der Waals surface area contributed by atoms with Crippen molar-refractivity contribution in [1.82, 2.24) is 30.5 Å². The zero-order chi connectivity index (χ0) is 46.2. The number of nitrogens with one attached hydrogen (secondary N) is 2. The van der Waals surface area contributed by atoms with E-state index >= 15 is 14.4 Å². The van der Waals surface area contributed by atoms with Crippen LogP contribution in [0, 0.1) is 17.8 Å². The summed E-state index contributed by atoms with van der Waals surface area (Å²) in [6.07, 6.45) is 0.624. The summed E-state index contributed by atoms with van der Waals surface area (Å²) in [6, 6.07) is 42.9. The summed E-state index contributed by atoms with van der Waals surface area (Å²) in [7, 11) is 0. The first-order valence-electron chi connectivity index (χ1n) is 22.1. The summed E-state index contributed by atoms with van der Waals surface area (Å²) < 4.78 is 8.21. The molecule has 0 aliphatic carbocycles. The summed E-state index contributed by atoms with van der Waals surface area (Å²) in [4.78, 5) is 65.0. The van der Waals surface area contributed by atoms with Gasteiger partial charge in [0.05, 0.1) is 35.2 Å². The van der Waals surface area contributed by atoms with E-state index in [4.69, 9.17) is 4.74 Å². The van der Waals surface area contributed by atoms with Crippen LogP contribution in [0.4, 0.5) is 10.5 Å². The topological polar surface area (TPSA) is 159 Å². The minimum atomic E-state index is -1.99. The number of carbonyl (C=O) groups is 4. The lowest BCUT2D eigenvalue weighted by molar-refractivity contribution is -0.178. The molecule has 0 bridgehead atoms. The van der Waals surface area contributed by atoms with Crippen molar-refractivity contribution in [3.05, 3.63) is 204 Å². The lowest BCUT2D eigenvalue weighted by Gasteiger charge is -2.46. The van der Waals surface area contributed by atoms with Gasteiger partial charge < -0.3 is 20.5 Å². The molecule has 0 radical (unpaired) electrons. The molecule has 3 aliphatic heterocycles. The summed E-state index contributed by atoms with van der Waals surface area (Å²) >= 11 is 0. The molecule has 2 fully saturated rings. The van der Waals surface area contributed by atoms with E-state index in [1.54, 1.807) is 35.0 Å². The number of para-hydroxylation sites is 1. The van der Waals surface area contributed by atoms with Crippen molar-refractivity contribution in [2.75, 3.05) is 11.4 Å². The first-order chi connectivity index (χ1) is 32.7. The Labute approximate surface area is 386 Å². The highest BCUT2D eigenvalue weighted by atomic mass is 16.6. The quantitative estimate of drug-likeness (QED) is 0.0753. The van der Waals surface area contributed by atoms with Crippen LogP contribution in [-0.4, -0.2) is 61.4 Å². The molecule has 7 atom stereocenters. The monoisotopic (exact) mass is 887 g/mol. The van der Waals surface area contributed by atoms with Gasteiger partial charge in [-0.15, -0.1) is 11.7 Å². The minimum absolute atomic E-state index is 0.0220. The maximum atomic E-state index is 16.4. The number of amides is 4. The Balaban J connectivity index is 1.22. The molecule has 4 heterocycles. The number of phenols is 1. The Morgan fingerprint density at radius 3 is 2.22 bits per heavy atom. The fourth-order valence-corrected chi connectivity index (χ4v) is 10.3. The van der Waals surface area contributed by atoms with E-state index in [9.17, 15) is 9.90 Å². The molecular formula is C54H45N7O6. The minimum Gasteiger partial charge on any atom is -0.508 e. The fraction of sp³-hybridized carbons (Fsp3) is 0.185. The molecule has 0 saturated carbocycles. The van der Waals surface area contributed by atoms with Gasteiger partial charge in [-0.3, -0.25) is 19.3 Å². The molecule has 10 rings (SSSR count). The third-order valence-corrected chi connectivity index (χ3v) is 13.1. The van der Waals surface area contributed by atoms with Crippen LogP contribution >= 0.6 is 0 Å². The Hall–Kier alpha value is -8.34. The molecule has 4 amide bonds. The standard InChI is InChI=1S/C54H45N7O6/c1-3-31-55-50(63)45-47-51(64)67-48(38-21-11-6-12-22-38)46(37-19-9-5-10-20-37)61(47)49(39-26-28-40(62)29-27-39)54(45)41-33-35(16-15-32-59-44-24-14-13-23-42(44)57-58-59)25-30-43(41)60(52(54)65)53(66)56-34(2)36-17-7-4-8-18-36/h3-14,17-30,33-34,45-49,62H,1,31-32H2,2H3,(H,55,63)(H,56,66)/t34-,45-,46-,47-,48+,49+,54-/m1/s1. The third kappa shape index (κ3) is 7.28. The largest absolute Gasteiger partial charge is 0.508 e. The Morgan fingerprint density at radius 1 is 0.836 bits per heavy atom. The van der Waals surface area contributed by atoms with Crippen molar-refractivity contribution in [3.63, 3.8) is 0 Å². The number of hydrogen-bond acceptors (Lipinski definition) is 9. The van der Waals surface area contributed by atoms with E-state index in [1.807, 2.05) is 127 Å². The number of esters is 1. The molecule has 2 saturated heterocycles. The van der Waals surface area contributed by atoms with E-state index in [-0.39, 0.29) is 24.5 Å². The number of nitrogens with zero attached hydrogens (tertiary/aromatic N) is 5. The SMILES string of the molecule is C=CCNC(=O)[C@H]1[C@@H]2C(=O)O[C@@H](c3ccccc3)[C@@H](c3ccccc3)N2[C@@H](c2ccc(O)cc2)[C@]12C(=O)N(C(=O)N[C@H](C)c1ccccc1)c1ccc(C#CCn3nnc4ccccc43)cc12. The molecular weight excluding hydrogens is 843 g/mol. The van der Waals surface area contributed by atoms with E-state index in [0.717, 1.165) is 27.1 Å². The fourth-order valence-electron chi connectivity index (χ4n) is 10.3. The van der Waals surface area contributed by atoms with Gasteiger partial charge in [0.15, 0.2) is 0 Å². The van der Waals surface area contributed by atoms with Crippen LogP contribution in [0.15, 0.2) is 170 Å². The molecule has 332 valence electrons. The lowest BCUT2D eigenvalue weighted by atomic mass is 9.65. The van der Waals surface area contributed by atoms with E-state index < -0.39 is 65.4 Å². The highest BCUT2D eigenvalue weighted by Crippen LogP contribution is 2.66. The van der Waals surface area contributed by atoms with Crippen LogP contribution in [0.3, 0.4) is 0 Å². The van der Waals surface area contributed by atoms with Crippen molar-refractivity contribution in [2.24, 2.45) is 5.92 Å². The summed E-state index contributed by atoms with van der Waals surface area (Å²) in [5.74, 6) is 2.89. The Bertz CT molecular complexity index is 3100. The number of imide groups is 1. The van der Waals surface area contributed by atoms with Gasteiger partial charge in [0.25, 0.3) is 0 Å². The van der Waals surface area contributed by atoms with Gasteiger partial charge in [-0.1, -0.05) is 138 Å². The number of ether oxygens (including phenoxy) is 1. The second kappa shape index (κ2) is 17.6. The molecule has 7 aromatic rings. The van der Waals surface area contributed by atoms with Gasteiger partial charge in [-0.25, -0.2) is 14.4 Å². The molecule has 67 heavy (non-hydrogen) atoms. The number of fused-ring (bicyclic) bond motifs is 4. The van der Waals surface area contributed by atoms with Crippen LogP contribution in [0.25, 0.3) is 11.0 Å². The first-order valence-corrected chi connectivity index (χ1v) is 22.1. The predicted molar refractivity (Wildman–Crippen MR) is 251 cm³/mol. The maximum Gasteiger partial charge on any atom is 0.329 e. The number of aromatic nitrogens is 3. The number of benzene rings is 6. The van der Waals surface area contributed by atoms with Gasteiger partial charge >= 0.3 is 12.0 Å². The Morgan fingerprint density at radius 2 is 1.51 bits per heavy atom. The molecule has 1 aromatic heterocycles. The molecule has 1 spiro atoms. The van der Waals surface area contributed by atoms with Crippen molar-refractivity contribution < 1.29 is 29.0 Å². The van der Waals surface area contributed by atoms with Crippen molar-refractivity contribution in [1.29, 1.82) is 0 Å². The van der Waals surface area contributed by atoms with E-state index in [2.05, 4.69) is 39.4 Å². The van der Waals surface area contributed by atoms with Gasteiger partial charge in [-0.05, 0) is 77.2 Å². The third-order valence-electron chi connectivity index (χ3n) is 13.1. The van der Waals surface area contributed by atoms with E-state index in [0.29, 0.717) is 22.3 Å². The molecule has 13 heteroatoms. The highest BCUT2D eigenvalue weighted by molar-refractivity contribution is 6.24. The van der Waals surface area contributed by atoms with E-state index in [1.165, 1.54) is 18.2 Å². The number of urea groups is 1. The van der Waals surface area contributed by atoms with Crippen LogP contribution in [-0.2, 0) is 31.1 Å². The van der Waals surface area contributed by atoms with Crippen molar-refractivity contribution >= 4 is 40.5 Å². The normalized spacial score (nSPS) is 22.3. The summed E-state index contributed by atoms with van der Waals surface area (Å²) in [5, 5.41) is 25.2. The highest BCUT2D eigenvalue weighted by Gasteiger charge is 2.75. The number of phenolic OH excluding ortho intramolecular Hbond substituents is 1. The molecule has 3 N–H and O–H groups in total. The Kier molecular flexibility index (Phi) is 11.2. The second-order valence-corrected chi connectivity index (χ2v) is 16.9. The van der Waals surface area contributed by atoms with Gasteiger partial charge in [-0.2, -0.15) is 0 Å². The smallest absolute Gasteiger partial charge is 0.329 e. The number of rotatable bonds is 9. The van der Waals surface area contributed by atoms with Crippen LogP contribution in [0.2, 0.25) is 0 Å². The lowest BCUT2D eigenvalue weighted by Crippen LogP contribution is -2.56. The van der Waals surface area contributed by atoms with Crippen LogP contribution in [0.5, 0.6) is 5.75 Å². The van der Waals surface area contributed by atoms with Crippen molar-refractivity contribution in [2.45, 2.75) is 49.2 Å². The van der Waals surface area contributed by atoms with Gasteiger partial charge in [0.2, 0.25) is 11.8 Å². The number of morpholine rings is 1. The number of carbonyl (C=O) groups excluding carboxylic acids is 4. The average molecular weight is 888 g/mol. The molecule has 13 nitrogen and oxygen atoms in total.